The number of unbranched alkanes of at least 4 members (excludes halogenated alkanes) is 1. The minimum atomic E-state index is 0. The van der Waals surface area contributed by atoms with Crippen LogP contribution >= 0.6 is 24.8 Å². The van der Waals surface area contributed by atoms with Crippen molar-refractivity contribution in [2.75, 3.05) is 0 Å². The largest absolute Gasteiger partial charge is 0.147 e. The van der Waals surface area contributed by atoms with E-state index in [2.05, 4.69) is 13.8 Å². The van der Waals surface area contributed by atoms with Crippen molar-refractivity contribution in [3.05, 3.63) is 0 Å². The van der Waals surface area contributed by atoms with Crippen LogP contribution in [0, 0.1) is 5.92 Å². The van der Waals surface area contributed by atoms with Crippen molar-refractivity contribution >= 4 is 28.3 Å². The summed E-state index contributed by atoms with van der Waals surface area (Å²) in [7, 11) is 0. The van der Waals surface area contributed by atoms with E-state index in [1.165, 1.54) is 12.8 Å². The first-order valence-electron chi connectivity index (χ1n) is 3.97. The van der Waals surface area contributed by atoms with Crippen molar-refractivity contribution in [2.24, 2.45) is 5.92 Å². The zero-order chi connectivity index (χ0) is 7.98. The summed E-state index contributed by atoms with van der Waals surface area (Å²) in [6, 6.07) is 0. The normalized spacial score (nSPS) is 10.8. The van der Waals surface area contributed by atoms with E-state index in [0.717, 1.165) is 37.6 Å². The van der Waals surface area contributed by atoms with E-state index in [0.29, 0.717) is 9.41 Å². The number of halogens is 2. The van der Waals surface area contributed by atoms with Crippen LogP contribution in [-0.2, 0) is 29.5 Å². The second-order valence-electron chi connectivity index (χ2n) is 2.61. The van der Waals surface area contributed by atoms with Crippen molar-refractivity contribution in [3.8, 4) is 0 Å². The minimum absolute atomic E-state index is 0. The Morgan fingerprint density at radius 3 is 2.08 bits per heavy atom. The molecule has 0 aromatic rings. The van der Waals surface area contributed by atoms with E-state index in [9.17, 15) is 4.79 Å². The third-order valence-electron chi connectivity index (χ3n) is 1.77. The van der Waals surface area contributed by atoms with E-state index >= 15 is 0 Å². The summed E-state index contributed by atoms with van der Waals surface area (Å²) in [5.74, 6) is 0.373. The number of rotatable bonds is 5. The standard InChI is InChI=1S/C8H15O.2ClH.Zr/c1-3-5-6-8(4-2)7-9;;;/h8H,3-6H2,1-2H3;2*1H;. The predicted molar refractivity (Wildman–Crippen MR) is 52.8 cm³/mol. The van der Waals surface area contributed by atoms with Crippen molar-refractivity contribution in [1.29, 1.82) is 0 Å². The van der Waals surface area contributed by atoms with Gasteiger partial charge in [0.25, 0.3) is 0 Å². The topological polar surface area (TPSA) is 17.1 Å². The molecule has 0 N–H and O–H groups in total. The van der Waals surface area contributed by atoms with E-state index < -0.39 is 0 Å². The zero-order valence-corrected chi connectivity index (χ0v) is 11.7. The quantitative estimate of drug-likeness (QED) is 0.760. The molecule has 1 atom stereocenters. The summed E-state index contributed by atoms with van der Waals surface area (Å²) >= 11 is 1.08. The van der Waals surface area contributed by atoms with Crippen LogP contribution in [0.4, 0.5) is 0 Å². The summed E-state index contributed by atoms with van der Waals surface area (Å²) in [5, 5.41) is 0. The third-order valence-corrected chi connectivity index (χ3v) is 2.77. The molecule has 0 spiro atoms. The third kappa shape index (κ3) is 9.22. The number of carbonyl (C=O) groups is 1. The van der Waals surface area contributed by atoms with Crippen LogP contribution in [0.3, 0.4) is 0 Å². The molecule has 0 aromatic heterocycles. The average Bonchev–Trinajstić information content (AvgIpc) is 1.89. The fourth-order valence-corrected chi connectivity index (χ4v) is 1.83. The van der Waals surface area contributed by atoms with Gasteiger partial charge in [-0.25, -0.2) is 0 Å². The number of hydrogen-bond acceptors (Lipinski definition) is 1. The minimum Gasteiger partial charge on any atom is -0.147 e. The van der Waals surface area contributed by atoms with Gasteiger partial charge in [0, 0.05) is 0 Å². The first-order chi connectivity index (χ1) is 4.72. The van der Waals surface area contributed by atoms with Crippen molar-refractivity contribution in [1.82, 2.24) is 0 Å². The second kappa shape index (κ2) is 12.1. The van der Waals surface area contributed by atoms with E-state index in [1.54, 1.807) is 0 Å². The maximum Gasteiger partial charge on any atom is -0.147 e. The fourth-order valence-electron chi connectivity index (χ4n) is 0.971. The predicted octanol–water partition coefficient (Wildman–Crippen LogP) is 3.12. The SMILES string of the molecule is CCCCC(CC)[C](=O)[Zr].Cl.Cl. The molecule has 12 heavy (non-hydrogen) atoms. The van der Waals surface area contributed by atoms with Gasteiger partial charge in [-0.1, -0.05) is 0 Å². The zero-order valence-electron chi connectivity index (χ0n) is 7.63. The van der Waals surface area contributed by atoms with Gasteiger partial charge < -0.3 is 0 Å². The Kier molecular flexibility index (Phi) is 19.0. The fraction of sp³-hybridized carbons (Fsp3) is 0.875. The molecule has 0 radical (unpaired) electrons. The summed E-state index contributed by atoms with van der Waals surface area (Å²) in [6.45, 7) is 4.27. The van der Waals surface area contributed by atoms with Crippen LogP contribution in [0.15, 0.2) is 0 Å². The molecule has 0 bridgehead atoms. The molecule has 0 fully saturated rings. The molecule has 1 nitrogen and oxygen atoms in total. The summed E-state index contributed by atoms with van der Waals surface area (Å²) in [5.41, 5.74) is 0. The second-order valence-corrected chi connectivity index (χ2v) is 3.82. The van der Waals surface area contributed by atoms with E-state index in [4.69, 9.17) is 0 Å². The molecule has 0 saturated heterocycles. The summed E-state index contributed by atoms with van der Waals surface area (Å²) < 4.78 is 0.447. The molecular formula is C8H17Cl2OZr. The van der Waals surface area contributed by atoms with E-state index in [-0.39, 0.29) is 24.8 Å². The first-order valence-corrected chi connectivity index (χ1v) is 5.20. The van der Waals surface area contributed by atoms with Crippen molar-refractivity contribution in [2.45, 2.75) is 39.5 Å². The maximum atomic E-state index is 10.9. The van der Waals surface area contributed by atoms with Crippen molar-refractivity contribution < 1.29 is 29.5 Å². The first kappa shape index (κ1) is 18.8. The Hall–Kier alpha value is 1.13. The Bertz CT molecular complexity index is 109. The van der Waals surface area contributed by atoms with Gasteiger partial charge in [-0.15, -0.1) is 24.8 Å². The van der Waals surface area contributed by atoms with Crippen LogP contribution in [-0.4, -0.2) is 3.49 Å². The molecule has 0 aliphatic rings. The van der Waals surface area contributed by atoms with Crippen LogP contribution < -0.4 is 0 Å². The Labute approximate surface area is 103 Å². The molecule has 0 saturated carbocycles. The smallest absolute Gasteiger partial charge is 0.147 e. The van der Waals surface area contributed by atoms with Gasteiger partial charge in [0.2, 0.25) is 0 Å². The molecule has 0 amide bonds. The summed E-state index contributed by atoms with van der Waals surface area (Å²) in [4.78, 5) is 10.9. The molecule has 1 unspecified atom stereocenters. The Balaban J connectivity index is -0.000000405. The van der Waals surface area contributed by atoms with Gasteiger partial charge in [-0.2, -0.15) is 0 Å². The van der Waals surface area contributed by atoms with Crippen LogP contribution in [0.2, 0.25) is 0 Å². The van der Waals surface area contributed by atoms with Crippen LogP contribution in [0.25, 0.3) is 0 Å². The molecule has 0 aliphatic heterocycles. The summed E-state index contributed by atoms with van der Waals surface area (Å²) in [6.07, 6.45) is 4.56. The molecule has 0 rings (SSSR count). The number of carbonyl (C=O) groups excluding carboxylic acids is 1. The maximum absolute atomic E-state index is 10.9. The Morgan fingerprint density at radius 2 is 1.83 bits per heavy atom. The number of hydrogen-bond donors (Lipinski definition) is 0. The van der Waals surface area contributed by atoms with Crippen LogP contribution in [0.5, 0.6) is 0 Å². The van der Waals surface area contributed by atoms with Gasteiger partial charge in [-0.3, -0.25) is 0 Å². The molecule has 4 heteroatoms. The van der Waals surface area contributed by atoms with Crippen molar-refractivity contribution in [3.63, 3.8) is 0 Å². The molecule has 73 valence electrons. The van der Waals surface area contributed by atoms with Gasteiger partial charge >= 0.3 is 78.5 Å². The average molecular weight is 291 g/mol. The molecule has 0 heterocycles. The molecule has 0 aromatic carbocycles. The van der Waals surface area contributed by atoms with Gasteiger partial charge in [-0.05, 0) is 0 Å². The monoisotopic (exact) mass is 289 g/mol. The Morgan fingerprint density at radius 1 is 1.33 bits per heavy atom. The van der Waals surface area contributed by atoms with Gasteiger partial charge in [0.1, 0.15) is 0 Å². The van der Waals surface area contributed by atoms with Gasteiger partial charge in [0.15, 0.2) is 0 Å². The van der Waals surface area contributed by atoms with Crippen LogP contribution in [0.1, 0.15) is 39.5 Å². The van der Waals surface area contributed by atoms with Gasteiger partial charge in [0.05, 0.1) is 0 Å². The molecule has 0 aliphatic carbocycles. The van der Waals surface area contributed by atoms with E-state index in [1.807, 2.05) is 0 Å². The molecular weight excluding hydrogens is 274 g/mol.